The van der Waals surface area contributed by atoms with Crippen LogP contribution in [-0.4, -0.2) is 123 Å². The molecular weight excluding hydrogens is 1430 g/mol. The molecule has 9 heterocycles. The van der Waals surface area contributed by atoms with E-state index in [-0.39, 0.29) is 21.0 Å². The zero-order valence-corrected chi connectivity index (χ0v) is 59.2. The summed E-state index contributed by atoms with van der Waals surface area (Å²) >= 11 is 5.83. The molecule has 25 nitrogen and oxygen atoms in total. The number of rotatable bonds is 16. The van der Waals surface area contributed by atoms with Gasteiger partial charge in [0.25, 0.3) is 0 Å². The van der Waals surface area contributed by atoms with Crippen molar-refractivity contribution in [3.05, 3.63) is 218 Å². The van der Waals surface area contributed by atoms with Crippen molar-refractivity contribution in [3.8, 4) is 50.8 Å². The zero-order chi connectivity index (χ0) is 71.2. The number of fused-ring (bicyclic) bond motifs is 4. The van der Waals surface area contributed by atoms with Gasteiger partial charge in [-0.3, -0.25) is 20.4 Å². The van der Waals surface area contributed by atoms with Gasteiger partial charge in [-0.15, -0.1) is 0 Å². The van der Waals surface area contributed by atoms with Crippen molar-refractivity contribution in [3.63, 3.8) is 0 Å². The second kappa shape index (κ2) is 30.0. The van der Waals surface area contributed by atoms with Gasteiger partial charge in [0.05, 0.1) is 45.2 Å². The van der Waals surface area contributed by atoms with E-state index in [1.54, 1.807) is 41.9 Å². The van der Waals surface area contributed by atoms with Crippen LogP contribution in [0.25, 0.3) is 86.4 Å². The van der Waals surface area contributed by atoms with Crippen LogP contribution in [0.4, 0.5) is 57.7 Å². The van der Waals surface area contributed by atoms with Crippen molar-refractivity contribution in [2.45, 2.75) is 9.79 Å². The molecule has 0 bridgehead atoms. The Morgan fingerprint density at radius 3 is 1.05 bits per heavy atom. The normalized spacial score (nSPS) is 12.5. The largest absolute Gasteiger partial charge is 0.497 e. The maximum atomic E-state index is 14.1. The predicted octanol–water partition coefficient (Wildman–Crippen LogP) is 15.1. The van der Waals surface area contributed by atoms with Gasteiger partial charge in [-0.2, -0.15) is 40.3 Å². The second-order valence-corrected chi connectivity index (χ2v) is 30.1. The molecule has 0 atom stereocenters. The minimum absolute atomic E-state index is 0.0143. The Hall–Kier alpha value is -11.4. The SMILES string of the molecule is CN1CCN(c2ccc(Nc3nc4n[nH]c(-c5ccccc5)c4s3)cc2)CC1.COc1ccc(Nc2nc3n[nH]c(-c4ccccc4)c3s2)cc1.NS(=O)(=O)c1ccc(Nc2nc3n[nH]c(-c4c(F)cccc4F)c3s2)cc1.NS(=O)(=O)c1ccc(Nc2nc3n[nH]c(-c4ccccc4)c3s2)cc1. The molecule has 0 saturated carbocycles. The summed E-state index contributed by atoms with van der Waals surface area (Å²) < 4.78 is 82.0. The van der Waals surface area contributed by atoms with E-state index in [4.69, 9.17) is 15.0 Å². The van der Waals surface area contributed by atoms with Crippen LogP contribution in [0.2, 0.25) is 0 Å². The number of thiazole rings is 4. The van der Waals surface area contributed by atoms with Crippen LogP contribution in [0.3, 0.4) is 0 Å². The fourth-order valence-corrected chi connectivity index (χ4v) is 15.6. The van der Waals surface area contributed by atoms with E-state index in [1.165, 1.54) is 71.6 Å². The van der Waals surface area contributed by atoms with Crippen molar-refractivity contribution in [1.82, 2.24) is 65.6 Å². The van der Waals surface area contributed by atoms with E-state index in [1.807, 2.05) is 91.0 Å². The molecule has 1 fully saturated rings. The number of nitrogens with one attached hydrogen (secondary N) is 8. The summed E-state index contributed by atoms with van der Waals surface area (Å²) in [6.45, 7) is 4.38. The Kier molecular flexibility index (Phi) is 20.0. The molecule has 8 aromatic carbocycles. The number of halogens is 2. The molecule has 520 valence electrons. The minimum Gasteiger partial charge on any atom is -0.497 e. The van der Waals surface area contributed by atoms with E-state index >= 15 is 0 Å². The molecule has 0 unspecified atom stereocenters. The van der Waals surface area contributed by atoms with Crippen LogP contribution >= 0.6 is 45.3 Å². The molecule has 8 aromatic heterocycles. The molecule has 0 radical (unpaired) electrons. The first kappa shape index (κ1) is 68.7. The van der Waals surface area contributed by atoms with Gasteiger partial charge >= 0.3 is 0 Å². The van der Waals surface area contributed by atoms with Gasteiger partial charge in [-0.1, -0.05) is 142 Å². The van der Waals surface area contributed by atoms with Crippen LogP contribution in [0, 0.1) is 11.6 Å². The lowest BCUT2D eigenvalue weighted by Crippen LogP contribution is -2.44. The highest BCUT2D eigenvalue weighted by Gasteiger charge is 2.22. The molecule has 1 aliphatic heterocycles. The number of nitrogens with zero attached hydrogens (tertiary/aromatic N) is 10. The molecule has 103 heavy (non-hydrogen) atoms. The third kappa shape index (κ3) is 16.0. The summed E-state index contributed by atoms with van der Waals surface area (Å²) in [7, 11) is -3.63. The van der Waals surface area contributed by atoms with Gasteiger partial charge in [0.1, 0.15) is 36.2 Å². The predicted molar refractivity (Wildman–Crippen MR) is 407 cm³/mol. The number of ether oxygens (including phenoxy) is 1. The molecule has 12 N–H and O–H groups in total. The molecule has 0 amide bonds. The van der Waals surface area contributed by atoms with Crippen molar-refractivity contribution in [2.75, 3.05) is 66.5 Å². The number of piperazine rings is 1. The molecule has 0 spiro atoms. The summed E-state index contributed by atoms with van der Waals surface area (Å²) in [6.07, 6.45) is 0. The highest BCUT2D eigenvalue weighted by atomic mass is 32.2. The lowest BCUT2D eigenvalue weighted by Gasteiger charge is -2.34. The van der Waals surface area contributed by atoms with Crippen molar-refractivity contribution >= 4 is 156 Å². The van der Waals surface area contributed by atoms with E-state index < -0.39 is 31.7 Å². The Balaban J connectivity index is 0.000000116. The fourth-order valence-electron chi connectivity index (χ4n) is 10.8. The van der Waals surface area contributed by atoms with E-state index in [0.717, 1.165) is 124 Å². The Bertz CT molecular complexity index is 5790. The number of hydrogen-bond acceptors (Lipinski definition) is 23. The van der Waals surface area contributed by atoms with Crippen molar-refractivity contribution in [2.24, 2.45) is 10.3 Å². The quantitative estimate of drug-likeness (QED) is 0.0429. The average molecular weight is 1490 g/mol. The smallest absolute Gasteiger partial charge is 0.238 e. The number of anilines is 9. The van der Waals surface area contributed by atoms with Crippen molar-refractivity contribution in [1.29, 1.82) is 0 Å². The number of nitrogens with two attached hydrogens (primary N) is 2. The number of sulfonamides is 2. The van der Waals surface area contributed by atoms with Crippen LogP contribution in [0.5, 0.6) is 5.75 Å². The van der Waals surface area contributed by atoms with E-state index in [2.05, 4.69) is 147 Å². The lowest BCUT2D eigenvalue weighted by atomic mass is 10.1. The Morgan fingerprint density at radius 1 is 0.408 bits per heavy atom. The second-order valence-electron chi connectivity index (χ2n) is 23.0. The number of hydrogen-bond donors (Lipinski definition) is 10. The monoisotopic (exact) mass is 1490 g/mol. The van der Waals surface area contributed by atoms with Gasteiger partial charge in [-0.25, -0.2) is 35.9 Å². The number of benzene rings is 8. The highest BCUT2D eigenvalue weighted by molar-refractivity contribution is 7.89. The number of aromatic nitrogens is 12. The van der Waals surface area contributed by atoms with Gasteiger partial charge in [0, 0.05) is 71.3 Å². The van der Waals surface area contributed by atoms with Gasteiger partial charge < -0.3 is 35.8 Å². The van der Waals surface area contributed by atoms with Crippen LogP contribution < -0.4 is 41.2 Å². The average Bonchev–Trinajstić information content (AvgIpc) is 1.68. The van der Waals surface area contributed by atoms with Gasteiger partial charge in [0.2, 0.25) is 20.0 Å². The molecular formula is C70H60F2N20O5S6. The first-order valence-corrected chi connectivity index (χ1v) is 37.8. The summed E-state index contributed by atoms with van der Waals surface area (Å²) in [5.74, 6) is -0.583. The highest BCUT2D eigenvalue weighted by Crippen LogP contribution is 2.40. The Labute approximate surface area is 602 Å². The fraction of sp³-hybridized carbons (Fsp3) is 0.0857. The number of methoxy groups -OCH3 is 1. The zero-order valence-electron chi connectivity index (χ0n) is 54.3. The molecule has 1 aliphatic rings. The summed E-state index contributed by atoms with van der Waals surface area (Å²) in [5.41, 5.74) is 13.2. The molecule has 0 aliphatic carbocycles. The number of aromatic amines is 4. The van der Waals surface area contributed by atoms with Gasteiger partial charge in [0.15, 0.2) is 43.1 Å². The summed E-state index contributed by atoms with van der Waals surface area (Å²) in [4.78, 5) is 22.7. The summed E-state index contributed by atoms with van der Waals surface area (Å²) in [5, 5.41) is 54.5. The van der Waals surface area contributed by atoms with Crippen molar-refractivity contribution < 1.29 is 30.4 Å². The third-order valence-electron chi connectivity index (χ3n) is 16.0. The van der Waals surface area contributed by atoms with E-state index in [9.17, 15) is 25.6 Å². The number of primary sulfonamides is 2. The van der Waals surface area contributed by atoms with E-state index in [0.29, 0.717) is 37.6 Å². The maximum absolute atomic E-state index is 14.1. The van der Waals surface area contributed by atoms with Crippen LogP contribution in [0.1, 0.15) is 0 Å². The first-order chi connectivity index (χ1) is 49.9. The lowest BCUT2D eigenvalue weighted by molar-refractivity contribution is 0.313. The number of H-pyrrole nitrogens is 4. The summed E-state index contributed by atoms with van der Waals surface area (Å²) in [6, 6.07) is 62.2. The van der Waals surface area contributed by atoms with Crippen LogP contribution in [0.15, 0.2) is 216 Å². The standard InChI is InChI=1S/C21H22N6S.C17H14N4OS.C16H11F2N5O2S2.C16H13N5O2S2/c1-26-11-13-27(14-12-26)17-9-7-16(8-10-17)22-21-23-20-19(28-21)18(24-25-20)15-5-3-2-4-6-15;1-22-13-9-7-12(8-10-13)18-17-19-16-15(23-17)14(20-21-16)11-5-3-2-4-6-11;17-10-2-1-3-11(18)12(10)13-14-15(23-22-13)21-16(26-14)20-8-4-6-9(7-5-8)27(19,24)25;17-25(22,23)12-8-6-11(7-9-12)18-16-19-15-14(24-16)13(20-21-15)10-4-2-1-3-5-10/h2-10H,11-14H2,1H3,(H2,22,23,24,25);2-10H,1H3,(H2,18,19,20,21);1-7H,(H2,19,24,25)(H2,20,21,22,23);1-9H,(H2,17,22,23)(H2,18,19,20,21). The number of likely N-dealkylation sites (N-methyl/N-ethyl adjacent to an activating group) is 1. The van der Waals surface area contributed by atoms with Crippen LogP contribution in [-0.2, 0) is 20.0 Å². The maximum Gasteiger partial charge on any atom is 0.238 e. The molecule has 16 aromatic rings. The molecule has 17 rings (SSSR count). The first-order valence-electron chi connectivity index (χ1n) is 31.4. The molecule has 33 heteroatoms. The molecule has 1 saturated heterocycles. The third-order valence-corrected chi connectivity index (χ3v) is 21.8. The Morgan fingerprint density at radius 2 is 0.718 bits per heavy atom. The topological polar surface area (TPSA) is 350 Å². The van der Waals surface area contributed by atoms with Gasteiger partial charge in [-0.05, 0) is 116 Å². The minimum atomic E-state index is -3.77.